The van der Waals surface area contributed by atoms with Crippen molar-refractivity contribution in [3.63, 3.8) is 0 Å². The predicted molar refractivity (Wildman–Crippen MR) is 65.4 cm³/mol. The van der Waals surface area contributed by atoms with Gasteiger partial charge in [0, 0.05) is 6.04 Å². The summed E-state index contributed by atoms with van der Waals surface area (Å²) in [6.07, 6.45) is 6.08. The molecule has 2 heterocycles. The molecule has 0 aromatic carbocycles. The summed E-state index contributed by atoms with van der Waals surface area (Å²) < 4.78 is 1.99. The molecule has 1 aliphatic rings. The Morgan fingerprint density at radius 3 is 2.94 bits per heavy atom. The molecule has 1 saturated carbocycles. The molecule has 0 spiro atoms. The molecule has 6 nitrogen and oxygen atoms in total. The first-order valence-electron chi connectivity index (χ1n) is 6.05. The summed E-state index contributed by atoms with van der Waals surface area (Å²) in [5, 5.41) is 9.76. The van der Waals surface area contributed by atoms with Crippen molar-refractivity contribution in [1.82, 2.24) is 19.5 Å². The Labute approximate surface area is 103 Å². The monoisotopic (exact) mass is 246 g/mol. The molecule has 0 aliphatic heterocycles. The lowest BCUT2D eigenvalue weighted by molar-refractivity contribution is 0.444. The number of hydrogen-bond donors (Lipinski definition) is 2. The van der Waals surface area contributed by atoms with Crippen LogP contribution in [0.3, 0.4) is 0 Å². The number of nitrogens with zero attached hydrogens (tertiary/aromatic N) is 3. The molecule has 3 rings (SSSR count). The lowest BCUT2D eigenvalue weighted by Crippen LogP contribution is -2.15. The van der Waals surface area contributed by atoms with E-state index in [1.165, 1.54) is 0 Å². The van der Waals surface area contributed by atoms with Gasteiger partial charge in [0.1, 0.15) is 5.69 Å². The molecule has 0 amide bonds. The number of imidazole rings is 1. The molecule has 0 atom stereocenters. The Hall–Kier alpha value is -2.11. The number of aromatic nitrogens is 4. The minimum absolute atomic E-state index is 0.195. The molecular weight excluding hydrogens is 232 g/mol. The summed E-state index contributed by atoms with van der Waals surface area (Å²) in [6.45, 7) is 1.81. The van der Waals surface area contributed by atoms with Gasteiger partial charge in [0.15, 0.2) is 5.82 Å². The van der Waals surface area contributed by atoms with Crippen molar-refractivity contribution in [3.05, 3.63) is 28.4 Å². The fourth-order valence-corrected chi connectivity index (χ4v) is 2.06. The van der Waals surface area contributed by atoms with Crippen LogP contribution in [0.5, 0.6) is 5.88 Å². The van der Waals surface area contributed by atoms with E-state index in [0.717, 1.165) is 18.5 Å². The van der Waals surface area contributed by atoms with Crippen LogP contribution in [0, 0.1) is 0 Å². The van der Waals surface area contributed by atoms with E-state index in [-0.39, 0.29) is 11.4 Å². The lowest BCUT2D eigenvalue weighted by atomic mass is 10.2. The van der Waals surface area contributed by atoms with Gasteiger partial charge >= 0.3 is 0 Å². The highest BCUT2D eigenvalue weighted by molar-refractivity contribution is 5.50. The average Bonchev–Trinajstić information content (AvgIpc) is 3.06. The second-order valence-electron chi connectivity index (χ2n) is 4.49. The molecule has 2 aromatic rings. The predicted octanol–water partition coefficient (Wildman–Crippen LogP) is 1.24. The number of hydrogen-bond acceptors (Lipinski definition) is 4. The van der Waals surface area contributed by atoms with Crippen LogP contribution in [-0.2, 0) is 6.42 Å². The number of aromatic amines is 1. The van der Waals surface area contributed by atoms with Crippen LogP contribution in [0.4, 0.5) is 0 Å². The molecule has 0 radical (unpaired) electrons. The van der Waals surface area contributed by atoms with E-state index in [2.05, 4.69) is 15.0 Å². The SMILES string of the molecule is CCc1c(O)nc(-c2cncn2C2CC2)[nH]c1=O. The van der Waals surface area contributed by atoms with Crippen LogP contribution >= 0.6 is 0 Å². The van der Waals surface area contributed by atoms with Crippen molar-refractivity contribution in [1.29, 1.82) is 0 Å². The summed E-state index contributed by atoms with van der Waals surface area (Å²) in [7, 11) is 0. The normalized spacial score (nSPS) is 14.9. The molecule has 94 valence electrons. The number of H-pyrrole nitrogens is 1. The van der Waals surface area contributed by atoms with Crippen molar-refractivity contribution in [2.24, 2.45) is 0 Å². The van der Waals surface area contributed by atoms with E-state index in [4.69, 9.17) is 0 Å². The second-order valence-corrected chi connectivity index (χ2v) is 4.49. The van der Waals surface area contributed by atoms with Crippen LogP contribution < -0.4 is 5.56 Å². The molecule has 2 N–H and O–H groups in total. The van der Waals surface area contributed by atoms with Crippen LogP contribution in [0.15, 0.2) is 17.3 Å². The van der Waals surface area contributed by atoms with Gasteiger partial charge in [-0.1, -0.05) is 6.92 Å². The van der Waals surface area contributed by atoms with E-state index in [9.17, 15) is 9.90 Å². The Balaban J connectivity index is 2.11. The van der Waals surface area contributed by atoms with Gasteiger partial charge in [-0.25, -0.2) is 4.98 Å². The van der Waals surface area contributed by atoms with E-state index >= 15 is 0 Å². The van der Waals surface area contributed by atoms with Gasteiger partial charge in [-0.2, -0.15) is 4.98 Å². The maximum atomic E-state index is 11.8. The number of aromatic hydroxyl groups is 1. The summed E-state index contributed by atoms with van der Waals surface area (Å²) in [4.78, 5) is 22.6. The third-order valence-electron chi connectivity index (χ3n) is 3.20. The van der Waals surface area contributed by atoms with Crippen molar-refractivity contribution in [3.8, 4) is 17.4 Å². The molecule has 0 unspecified atom stereocenters. The minimum atomic E-state index is -0.288. The number of rotatable bonds is 3. The molecule has 1 aliphatic carbocycles. The van der Waals surface area contributed by atoms with Crippen LogP contribution in [0.25, 0.3) is 11.5 Å². The van der Waals surface area contributed by atoms with E-state index in [1.54, 1.807) is 19.4 Å². The quantitative estimate of drug-likeness (QED) is 0.853. The van der Waals surface area contributed by atoms with Gasteiger partial charge in [-0.15, -0.1) is 0 Å². The molecule has 0 saturated heterocycles. The molecule has 0 bridgehead atoms. The Morgan fingerprint density at radius 1 is 1.56 bits per heavy atom. The standard InChI is InChI=1S/C12H14N4O2/c1-2-8-11(17)14-10(15-12(8)18)9-5-13-6-16(9)7-3-4-7/h5-7H,2-4H2,1H3,(H2,14,15,17,18). The van der Waals surface area contributed by atoms with E-state index < -0.39 is 0 Å². The zero-order valence-corrected chi connectivity index (χ0v) is 10.1. The highest BCUT2D eigenvalue weighted by Gasteiger charge is 2.26. The van der Waals surface area contributed by atoms with Crippen LogP contribution in [-0.4, -0.2) is 24.6 Å². The van der Waals surface area contributed by atoms with Crippen molar-refractivity contribution in [2.45, 2.75) is 32.2 Å². The topological polar surface area (TPSA) is 83.8 Å². The van der Waals surface area contributed by atoms with Gasteiger partial charge in [0.05, 0.1) is 18.1 Å². The molecule has 1 fully saturated rings. The Bertz CT molecular complexity index is 640. The molecule has 18 heavy (non-hydrogen) atoms. The van der Waals surface area contributed by atoms with Gasteiger partial charge in [-0.05, 0) is 19.3 Å². The third-order valence-corrected chi connectivity index (χ3v) is 3.20. The third kappa shape index (κ3) is 1.70. The van der Waals surface area contributed by atoms with E-state index in [1.807, 2.05) is 4.57 Å². The van der Waals surface area contributed by atoms with Gasteiger partial charge in [0.25, 0.3) is 5.56 Å². The fraction of sp³-hybridized carbons (Fsp3) is 0.417. The molecular formula is C12H14N4O2. The molecule has 2 aromatic heterocycles. The minimum Gasteiger partial charge on any atom is -0.493 e. The Morgan fingerprint density at radius 2 is 2.33 bits per heavy atom. The Kier molecular flexibility index (Phi) is 2.43. The first kappa shape index (κ1) is 11.0. The summed E-state index contributed by atoms with van der Waals surface area (Å²) in [6, 6.07) is 0.445. The van der Waals surface area contributed by atoms with Gasteiger partial charge in [-0.3, -0.25) is 4.79 Å². The smallest absolute Gasteiger partial charge is 0.258 e. The van der Waals surface area contributed by atoms with Gasteiger partial charge < -0.3 is 14.7 Å². The van der Waals surface area contributed by atoms with Crippen LogP contribution in [0.1, 0.15) is 31.4 Å². The maximum Gasteiger partial charge on any atom is 0.258 e. The lowest BCUT2D eigenvalue weighted by Gasteiger charge is -2.07. The zero-order chi connectivity index (χ0) is 12.7. The summed E-state index contributed by atoms with van der Waals surface area (Å²) >= 11 is 0. The summed E-state index contributed by atoms with van der Waals surface area (Å²) in [5.74, 6) is 0.180. The molecule has 6 heteroatoms. The zero-order valence-electron chi connectivity index (χ0n) is 10.1. The highest BCUT2D eigenvalue weighted by atomic mass is 16.3. The van der Waals surface area contributed by atoms with Crippen molar-refractivity contribution < 1.29 is 5.11 Å². The van der Waals surface area contributed by atoms with E-state index in [0.29, 0.717) is 23.9 Å². The van der Waals surface area contributed by atoms with Crippen molar-refractivity contribution >= 4 is 0 Å². The van der Waals surface area contributed by atoms with Gasteiger partial charge in [0.2, 0.25) is 5.88 Å². The largest absolute Gasteiger partial charge is 0.493 e. The second kappa shape index (κ2) is 3.97. The average molecular weight is 246 g/mol. The van der Waals surface area contributed by atoms with Crippen molar-refractivity contribution in [2.75, 3.05) is 0 Å². The number of nitrogens with one attached hydrogen (secondary N) is 1. The van der Waals surface area contributed by atoms with Crippen LogP contribution in [0.2, 0.25) is 0 Å². The first-order valence-corrected chi connectivity index (χ1v) is 6.05. The highest BCUT2D eigenvalue weighted by Crippen LogP contribution is 2.37. The fourth-order valence-electron chi connectivity index (χ4n) is 2.06. The first-order chi connectivity index (χ1) is 8.70. The summed E-state index contributed by atoms with van der Waals surface area (Å²) in [5.41, 5.74) is 0.771. The maximum absolute atomic E-state index is 11.8.